The summed E-state index contributed by atoms with van der Waals surface area (Å²) in [5.41, 5.74) is 10.3. The number of anilines is 3. The quantitative estimate of drug-likeness (QED) is 0.220. The Kier molecular flexibility index (Phi) is 5.25. The topological polar surface area (TPSA) is 59.4 Å². The molecule has 0 unspecified atom stereocenters. The number of hydrogen-bond donors (Lipinski definition) is 1. The lowest BCUT2D eigenvalue weighted by atomic mass is 10.1. The smallest absolute Gasteiger partial charge is 0.138 e. The summed E-state index contributed by atoms with van der Waals surface area (Å²) in [6, 6.07) is 40.8. The largest absolute Gasteiger partial charge is 0.456 e. The Morgan fingerprint density at radius 1 is 0.609 bits per heavy atom. The van der Waals surface area contributed by atoms with Gasteiger partial charge in [0.2, 0.25) is 0 Å². The van der Waals surface area contributed by atoms with Crippen LogP contribution in [-0.2, 0) is 6.54 Å². The minimum Gasteiger partial charge on any atom is -0.456 e. The molecule has 6 nitrogen and oxygen atoms in total. The molecule has 0 bridgehead atoms. The van der Waals surface area contributed by atoms with Gasteiger partial charge in [0.05, 0.1) is 11.0 Å². The van der Waals surface area contributed by atoms with Gasteiger partial charge in [0, 0.05) is 80.4 Å². The number of para-hydroxylation sites is 2. The van der Waals surface area contributed by atoms with E-state index in [1.807, 2.05) is 24.5 Å². The van der Waals surface area contributed by atoms with Crippen LogP contribution in [0.15, 0.2) is 143 Å². The van der Waals surface area contributed by atoms with E-state index in [1.165, 1.54) is 21.9 Å². The van der Waals surface area contributed by atoms with Crippen molar-refractivity contribution in [1.82, 2.24) is 14.9 Å². The molecular weight excluding hydrogens is 568 g/mol. The van der Waals surface area contributed by atoms with Crippen LogP contribution in [0.2, 0.25) is 0 Å². The summed E-state index contributed by atoms with van der Waals surface area (Å²) < 4.78 is 14.8. The van der Waals surface area contributed by atoms with E-state index in [9.17, 15) is 0 Å². The van der Waals surface area contributed by atoms with Crippen LogP contribution in [0.1, 0.15) is 11.3 Å². The molecule has 46 heavy (non-hydrogen) atoms. The van der Waals surface area contributed by atoms with Crippen molar-refractivity contribution in [2.75, 3.05) is 4.90 Å². The Labute approximate surface area is 263 Å². The zero-order chi connectivity index (χ0) is 30.2. The second-order valence-corrected chi connectivity index (χ2v) is 11.7. The van der Waals surface area contributed by atoms with Crippen molar-refractivity contribution in [2.24, 2.45) is 0 Å². The second-order valence-electron chi connectivity index (χ2n) is 11.7. The first-order valence-electron chi connectivity index (χ1n) is 15.4. The van der Waals surface area contributed by atoms with Crippen LogP contribution < -0.4 is 10.2 Å². The van der Waals surface area contributed by atoms with E-state index in [1.54, 1.807) is 6.20 Å². The summed E-state index contributed by atoms with van der Waals surface area (Å²) in [5, 5.41) is 8.91. The third kappa shape index (κ3) is 3.67. The van der Waals surface area contributed by atoms with Crippen molar-refractivity contribution in [3.63, 3.8) is 0 Å². The molecule has 10 rings (SSSR count). The van der Waals surface area contributed by atoms with E-state index in [4.69, 9.17) is 8.83 Å². The van der Waals surface area contributed by atoms with Crippen LogP contribution in [0.5, 0.6) is 0 Å². The van der Waals surface area contributed by atoms with E-state index in [-0.39, 0.29) is 0 Å². The minimum absolute atomic E-state index is 0.728. The number of pyridine rings is 1. The average molecular weight is 595 g/mol. The zero-order valence-electron chi connectivity index (χ0n) is 24.6. The summed E-state index contributed by atoms with van der Waals surface area (Å²) in [7, 11) is 0. The van der Waals surface area contributed by atoms with Crippen molar-refractivity contribution in [2.45, 2.75) is 6.54 Å². The van der Waals surface area contributed by atoms with Crippen LogP contribution in [0.4, 0.5) is 17.1 Å². The van der Waals surface area contributed by atoms with Gasteiger partial charge in [-0.1, -0.05) is 42.5 Å². The van der Waals surface area contributed by atoms with Crippen molar-refractivity contribution in [1.29, 1.82) is 0 Å². The first-order chi connectivity index (χ1) is 22.8. The van der Waals surface area contributed by atoms with Crippen molar-refractivity contribution >= 4 is 77.9 Å². The minimum atomic E-state index is 0.728. The lowest BCUT2D eigenvalue weighted by Crippen LogP contribution is -2.11. The van der Waals surface area contributed by atoms with Crippen LogP contribution in [0, 0.1) is 0 Å². The molecule has 0 fully saturated rings. The Morgan fingerprint density at radius 3 is 2.22 bits per heavy atom. The number of rotatable bonds is 4. The molecule has 0 spiro atoms. The number of hydrogen-bond acceptors (Lipinski definition) is 5. The molecule has 0 saturated carbocycles. The molecule has 0 amide bonds. The molecule has 4 aromatic heterocycles. The third-order valence-corrected chi connectivity index (χ3v) is 9.14. The van der Waals surface area contributed by atoms with Gasteiger partial charge in [0.15, 0.2) is 0 Å². The van der Waals surface area contributed by atoms with E-state index < -0.39 is 0 Å². The fourth-order valence-corrected chi connectivity index (χ4v) is 7.06. The fraction of sp³-hybridized carbons (Fsp3) is 0.0250. The number of fused-ring (bicyclic) bond motifs is 9. The first-order valence-corrected chi connectivity index (χ1v) is 15.4. The van der Waals surface area contributed by atoms with Gasteiger partial charge >= 0.3 is 0 Å². The predicted octanol–water partition coefficient (Wildman–Crippen LogP) is 10.4. The SMILES string of the molecule is C1=Cc2oc3ccc(N(c4ccc5oc6ccncc6c5c4)c4ccc5c6ccccc6n(-c6ccccc6)c5c4)cc3c2CN1. The van der Waals surface area contributed by atoms with Crippen LogP contribution in [0.25, 0.3) is 66.5 Å². The molecule has 1 aliphatic heterocycles. The van der Waals surface area contributed by atoms with Crippen molar-refractivity contribution < 1.29 is 8.83 Å². The van der Waals surface area contributed by atoms with Gasteiger partial charge in [0.25, 0.3) is 0 Å². The van der Waals surface area contributed by atoms with Gasteiger partial charge in [-0.15, -0.1) is 0 Å². The third-order valence-electron chi connectivity index (χ3n) is 9.14. The Balaban J connectivity index is 1.25. The number of nitrogens with zero attached hydrogens (tertiary/aromatic N) is 3. The second kappa shape index (κ2) is 9.61. The molecule has 0 radical (unpaired) electrons. The lowest BCUT2D eigenvalue weighted by Gasteiger charge is -2.26. The lowest BCUT2D eigenvalue weighted by molar-refractivity contribution is 0.592. The molecule has 5 aromatic carbocycles. The van der Waals surface area contributed by atoms with E-state index in [0.717, 1.165) is 73.5 Å². The zero-order valence-corrected chi connectivity index (χ0v) is 24.6. The number of nitrogens with one attached hydrogen (secondary N) is 1. The first kappa shape index (κ1) is 25.1. The highest BCUT2D eigenvalue weighted by Gasteiger charge is 2.21. The van der Waals surface area contributed by atoms with Gasteiger partial charge < -0.3 is 23.6 Å². The summed E-state index contributed by atoms with van der Waals surface area (Å²) in [6.45, 7) is 0.728. The maximum Gasteiger partial charge on any atom is 0.138 e. The summed E-state index contributed by atoms with van der Waals surface area (Å²) in [6.07, 6.45) is 7.59. The molecule has 1 N–H and O–H groups in total. The molecule has 0 saturated heterocycles. The van der Waals surface area contributed by atoms with Gasteiger partial charge in [-0.3, -0.25) is 4.98 Å². The van der Waals surface area contributed by atoms with E-state index >= 15 is 0 Å². The Morgan fingerprint density at radius 2 is 1.33 bits per heavy atom. The highest BCUT2D eigenvalue weighted by Crippen LogP contribution is 2.43. The van der Waals surface area contributed by atoms with Crippen LogP contribution in [-0.4, -0.2) is 9.55 Å². The van der Waals surface area contributed by atoms with E-state index in [2.05, 4.69) is 129 Å². The number of furan rings is 2. The summed E-state index contributed by atoms with van der Waals surface area (Å²) in [5.74, 6) is 0.907. The monoisotopic (exact) mass is 594 g/mol. The normalized spacial score (nSPS) is 12.8. The summed E-state index contributed by atoms with van der Waals surface area (Å²) in [4.78, 5) is 6.72. The predicted molar refractivity (Wildman–Crippen MR) is 186 cm³/mol. The average Bonchev–Trinajstić information content (AvgIpc) is 3.78. The summed E-state index contributed by atoms with van der Waals surface area (Å²) >= 11 is 0. The molecule has 6 heteroatoms. The highest BCUT2D eigenvalue weighted by atomic mass is 16.3. The van der Waals surface area contributed by atoms with Gasteiger partial charge in [0.1, 0.15) is 22.5 Å². The Bertz CT molecular complexity index is 2660. The molecule has 5 heterocycles. The fourth-order valence-electron chi connectivity index (χ4n) is 7.06. The molecule has 0 atom stereocenters. The van der Waals surface area contributed by atoms with Crippen LogP contribution >= 0.6 is 0 Å². The standard InChI is InChI=1S/C40H26N4O2/c1-2-6-25(7-3-1)44-35-9-5-4-8-29(35)30-13-10-28(22-36(30)44)43(26-11-14-37-31(20-26)33-23-41-18-16-39(33)45-37)27-12-15-38-32(21-27)34-24-42-19-17-40(34)46-38/h1-23,42H,24H2. The number of benzene rings is 5. The highest BCUT2D eigenvalue weighted by molar-refractivity contribution is 6.11. The van der Waals surface area contributed by atoms with Gasteiger partial charge in [-0.25, -0.2) is 0 Å². The Hall–Kier alpha value is -6.27. The van der Waals surface area contributed by atoms with Gasteiger partial charge in [-0.2, -0.15) is 0 Å². The van der Waals surface area contributed by atoms with E-state index in [0.29, 0.717) is 0 Å². The molecule has 218 valence electrons. The maximum atomic E-state index is 6.22. The van der Waals surface area contributed by atoms with Crippen LogP contribution in [0.3, 0.4) is 0 Å². The maximum absolute atomic E-state index is 6.22. The number of aromatic nitrogens is 2. The molecule has 0 aliphatic carbocycles. The van der Waals surface area contributed by atoms with Gasteiger partial charge in [-0.05, 0) is 78.9 Å². The van der Waals surface area contributed by atoms with Crippen molar-refractivity contribution in [3.8, 4) is 5.69 Å². The molecular formula is C40H26N4O2. The molecule has 9 aromatic rings. The molecule has 1 aliphatic rings. The van der Waals surface area contributed by atoms with Crippen molar-refractivity contribution in [3.05, 3.63) is 145 Å².